The number of aliphatic hydroxyl groups excluding tert-OH is 1. The van der Waals surface area contributed by atoms with Gasteiger partial charge in [-0.05, 0) is 49.8 Å². The smallest absolute Gasteiger partial charge is 0.197 e. The molecule has 6 rings (SSSR count). The fourth-order valence-electron chi connectivity index (χ4n) is 7.64. The molecule has 1 saturated heterocycles. The van der Waals surface area contributed by atoms with Crippen LogP contribution in [-0.2, 0) is 6.54 Å². The molecule has 2 bridgehead atoms. The highest BCUT2D eigenvalue weighted by molar-refractivity contribution is 7.98. The fourth-order valence-corrected chi connectivity index (χ4v) is 8.24. The second-order valence-electron chi connectivity index (χ2n) is 11.5. The molecule has 3 unspecified atom stereocenters. The van der Waals surface area contributed by atoms with Gasteiger partial charge in [0, 0.05) is 72.7 Å². The van der Waals surface area contributed by atoms with Gasteiger partial charge in [-0.15, -0.1) is 11.8 Å². The van der Waals surface area contributed by atoms with E-state index in [4.69, 9.17) is 5.41 Å². The molecular weight excluding hydrogens is 484 g/mol. The Kier molecular flexibility index (Phi) is 6.92. The summed E-state index contributed by atoms with van der Waals surface area (Å²) in [5, 5.41) is 41.5. The van der Waals surface area contributed by atoms with E-state index < -0.39 is 6.10 Å². The van der Waals surface area contributed by atoms with Crippen molar-refractivity contribution in [1.29, 1.82) is 5.41 Å². The van der Waals surface area contributed by atoms with Crippen LogP contribution in [0.5, 0.6) is 11.8 Å². The van der Waals surface area contributed by atoms with Gasteiger partial charge in [-0.2, -0.15) is 0 Å². The van der Waals surface area contributed by atoms with Crippen molar-refractivity contribution in [1.82, 2.24) is 14.4 Å². The van der Waals surface area contributed by atoms with Crippen molar-refractivity contribution in [2.75, 3.05) is 39.0 Å². The second-order valence-corrected chi connectivity index (χ2v) is 12.4. The maximum atomic E-state index is 11.1. The summed E-state index contributed by atoms with van der Waals surface area (Å²) in [5.41, 5.74) is 2.65. The Hall–Kier alpha value is -2.16. The summed E-state index contributed by atoms with van der Waals surface area (Å²) in [6.45, 7) is 5.36. The Bertz CT molecular complexity index is 1120. The zero-order valence-corrected chi connectivity index (χ0v) is 22.6. The Morgan fingerprint density at radius 1 is 0.892 bits per heavy atom. The van der Waals surface area contributed by atoms with E-state index in [0.717, 1.165) is 73.6 Å². The first-order chi connectivity index (χ1) is 18.0. The van der Waals surface area contributed by atoms with E-state index in [-0.39, 0.29) is 23.6 Å². The van der Waals surface area contributed by atoms with Gasteiger partial charge in [0.1, 0.15) is 5.84 Å². The summed E-state index contributed by atoms with van der Waals surface area (Å²) in [7, 11) is 0. The van der Waals surface area contributed by atoms with E-state index in [1.165, 1.54) is 19.3 Å². The predicted octanol–water partition coefficient (Wildman–Crippen LogP) is 4.41. The minimum absolute atomic E-state index is 0.0211. The van der Waals surface area contributed by atoms with Gasteiger partial charge in [0.25, 0.3) is 0 Å². The predicted molar refractivity (Wildman–Crippen MR) is 147 cm³/mol. The molecule has 2 saturated carbocycles. The normalized spacial score (nSPS) is 29.6. The number of fused-ring (bicyclic) bond motifs is 5. The zero-order chi connectivity index (χ0) is 25.7. The monoisotopic (exact) mass is 524 g/mol. The van der Waals surface area contributed by atoms with Crippen molar-refractivity contribution in [2.45, 2.75) is 67.9 Å². The Morgan fingerprint density at radius 2 is 1.49 bits per heavy atom. The van der Waals surface area contributed by atoms with Crippen molar-refractivity contribution in [3.05, 3.63) is 41.0 Å². The molecule has 1 aliphatic heterocycles. The third-order valence-corrected chi connectivity index (χ3v) is 10.5. The Morgan fingerprint density at radius 3 is 2.11 bits per heavy atom. The zero-order valence-electron chi connectivity index (χ0n) is 21.8. The van der Waals surface area contributed by atoms with Gasteiger partial charge >= 0.3 is 0 Å². The number of rotatable bonds is 6. The van der Waals surface area contributed by atoms with Gasteiger partial charge in [-0.25, -0.2) is 0 Å². The number of nitrogens with one attached hydrogen (secondary N) is 1. The van der Waals surface area contributed by atoms with Gasteiger partial charge in [0.15, 0.2) is 11.8 Å². The van der Waals surface area contributed by atoms with E-state index in [0.29, 0.717) is 24.2 Å². The molecule has 3 fully saturated rings. The molecule has 200 valence electrons. The van der Waals surface area contributed by atoms with Gasteiger partial charge in [0.2, 0.25) is 0 Å². The molecule has 8 heteroatoms. The highest BCUT2D eigenvalue weighted by Crippen LogP contribution is 2.60. The molecule has 2 aromatic rings. The van der Waals surface area contributed by atoms with E-state index in [9.17, 15) is 15.3 Å². The number of aromatic nitrogens is 1. The number of aliphatic hydroxyl groups is 1. The van der Waals surface area contributed by atoms with Crippen molar-refractivity contribution < 1.29 is 15.3 Å². The second kappa shape index (κ2) is 10.2. The number of thioether (sulfide) groups is 1. The number of nitrogens with zero attached hydrogens (tertiary/aromatic N) is 3. The van der Waals surface area contributed by atoms with Crippen LogP contribution in [0.4, 0.5) is 0 Å². The topological polar surface area (TPSA) is 96.0 Å². The quantitative estimate of drug-likeness (QED) is 0.254. The van der Waals surface area contributed by atoms with Crippen molar-refractivity contribution in [3.63, 3.8) is 0 Å². The fraction of sp³-hybridized carbons (Fsp3) is 0.621. The Labute approximate surface area is 224 Å². The number of piperazine rings is 1. The number of amidine groups is 1. The molecular formula is C29H40N4O3S. The summed E-state index contributed by atoms with van der Waals surface area (Å²) < 4.78 is 1.76. The standard InChI is InChI=1S/C29H40N4O3S/c1-37-23-9-5-4-8-20(23)27(30)32-14-12-31(13-15-32)16-18-6-2-3-7-19(18)17-33-28(35)24-21-10-11-22(26(21)34)25(24)29(33)36/h4-5,8-9,18-19,21-22,26,30,34-36H,2-3,6-7,10-17H2,1H3/t18?,19?,21-,22+,26?. The molecule has 0 radical (unpaired) electrons. The first-order valence-electron chi connectivity index (χ1n) is 14.0. The van der Waals surface area contributed by atoms with Crippen molar-refractivity contribution >= 4 is 17.6 Å². The molecule has 4 aliphatic rings. The van der Waals surface area contributed by atoms with Crippen LogP contribution in [0, 0.1) is 17.2 Å². The van der Waals surface area contributed by atoms with Crippen LogP contribution in [0.25, 0.3) is 0 Å². The van der Waals surface area contributed by atoms with E-state index in [2.05, 4.69) is 28.2 Å². The highest BCUT2D eigenvalue weighted by Gasteiger charge is 2.50. The lowest BCUT2D eigenvalue weighted by Crippen LogP contribution is -2.50. The molecule has 1 aromatic heterocycles. The molecule has 3 aliphatic carbocycles. The average molecular weight is 525 g/mol. The lowest BCUT2D eigenvalue weighted by Gasteiger charge is -2.40. The minimum Gasteiger partial charge on any atom is -0.494 e. The van der Waals surface area contributed by atoms with Crippen molar-refractivity contribution in [3.8, 4) is 11.8 Å². The van der Waals surface area contributed by atoms with Crippen LogP contribution < -0.4 is 0 Å². The van der Waals surface area contributed by atoms with Crippen LogP contribution in [0.3, 0.4) is 0 Å². The average Bonchev–Trinajstić information content (AvgIpc) is 3.52. The first-order valence-corrected chi connectivity index (χ1v) is 15.2. The van der Waals surface area contributed by atoms with E-state index in [1.807, 2.05) is 12.1 Å². The van der Waals surface area contributed by atoms with Crippen LogP contribution in [0.2, 0.25) is 0 Å². The third kappa shape index (κ3) is 4.35. The van der Waals surface area contributed by atoms with Gasteiger partial charge in [-0.1, -0.05) is 31.0 Å². The van der Waals surface area contributed by atoms with Crippen LogP contribution in [-0.4, -0.2) is 80.6 Å². The maximum absolute atomic E-state index is 11.1. The maximum Gasteiger partial charge on any atom is 0.197 e. The molecule has 7 nitrogen and oxygen atoms in total. The van der Waals surface area contributed by atoms with E-state index >= 15 is 0 Å². The van der Waals surface area contributed by atoms with Crippen molar-refractivity contribution in [2.24, 2.45) is 11.8 Å². The molecule has 0 spiro atoms. The summed E-state index contributed by atoms with van der Waals surface area (Å²) in [5.74, 6) is 1.94. The van der Waals surface area contributed by atoms with E-state index in [1.54, 1.807) is 16.3 Å². The van der Waals surface area contributed by atoms with Crippen LogP contribution >= 0.6 is 11.8 Å². The van der Waals surface area contributed by atoms with Crippen LogP contribution in [0.15, 0.2) is 29.2 Å². The molecule has 4 N–H and O–H groups in total. The molecule has 5 atom stereocenters. The van der Waals surface area contributed by atoms with Crippen LogP contribution in [0.1, 0.15) is 67.1 Å². The SMILES string of the molecule is CSc1ccccc1C(=N)N1CCN(CC2CCCCC2Cn2c(O)c3c(c2O)[C@@H]2CC[C@H]3C2O)CC1. The highest BCUT2D eigenvalue weighted by atomic mass is 32.2. The number of hydrogen-bond donors (Lipinski definition) is 4. The molecule has 2 heterocycles. The molecule has 1 aromatic carbocycles. The summed E-state index contributed by atoms with van der Waals surface area (Å²) in [6, 6.07) is 8.21. The summed E-state index contributed by atoms with van der Waals surface area (Å²) in [6.07, 6.45) is 8.17. The third-order valence-electron chi connectivity index (χ3n) is 9.66. The number of benzene rings is 1. The Balaban J connectivity index is 1.10. The first kappa shape index (κ1) is 25.1. The minimum atomic E-state index is -0.451. The lowest BCUT2D eigenvalue weighted by molar-refractivity contribution is 0.107. The molecule has 37 heavy (non-hydrogen) atoms. The lowest BCUT2D eigenvalue weighted by atomic mass is 9.78. The van der Waals surface area contributed by atoms with Gasteiger partial charge < -0.3 is 20.2 Å². The van der Waals surface area contributed by atoms with Gasteiger partial charge in [0.05, 0.1) is 6.10 Å². The summed E-state index contributed by atoms with van der Waals surface area (Å²) in [4.78, 5) is 5.92. The largest absolute Gasteiger partial charge is 0.494 e. The van der Waals surface area contributed by atoms with Gasteiger partial charge in [-0.3, -0.25) is 14.9 Å². The summed E-state index contributed by atoms with van der Waals surface area (Å²) >= 11 is 1.70. The number of hydrogen-bond acceptors (Lipinski definition) is 6. The number of aromatic hydroxyl groups is 2. The molecule has 0 amide bonds.